The van der Waals surface area contributed by atoms with Gasteiger partial charge in [-0.1, -0.05) is 54.6 Å². The molecule has 0 fully saturated rings. The number of hydrogen-bond acceptors (Lipinski definition) is 1. The molecule has 0 aliphatic carbocycles. The second kappa shape index (κ2) is 6.22. The summed E-state index contributed by atoms with van der Waals surface area (Å²) < 4.78 is 6.03. The Labute approximate surface area is 104 Å². The SMILES string of the molecule is C=CCP(Oc1ccccc1)c1ccccc1. The average Bonchev–Trinajstić information content (AvgIpc) is 2.40. The van der Waals surface area contributed by atoms with Crippen molar-refractivity contribution in [3.63, 3.8) is 0 Å². The van der Waals surface area contributed by atoms with Gasteiger partial charge < -0.3 is 4.52 Å². The molecule has 0 amide bonds. The summed E-state index contributed by atoms with van der Waals surface area (Å²) in [6.45, 7) is 3.80. The van der Waals surface area contributed by atoms with E-state index in [9.17, 15) is 0 Å². The molecule has 1 nitrogen and oxygen atoms in total. The molecule has 0 bridgehead atoms. The minimum Gasteiger partial charge on any atom is -0.469 e. The van der Waals surface area contributed by atoms with Crippen LogP contribution in [0.4, 0.5) is 0 Å². The van der Waals surface area contributed by atoms with Crippen LogP contribution in [0.2, 0.25) is 0 Å². The maximum absolute atomic E-state index is 6.03. The van der Waals surface area contributed by atoms with Gasteiger partial charge in [0.2, 0.25) is 0 Å². The maximum atomic E-state index is 6.03. The van der Waals surface area contributed by atoms with E-state index in [2.05, 4.69) is 18.7 Å². The first-order chi connectivity index (χ1) is 8.40. The van der Waals surface area contributed by atoms with E-state index >= 15 is 0 Å². The van der Waals surface area contributed by atoms with Crippen molar-refractivity contribution in [2.24, 2.45) is 0 Å². The molecule has 1 unspecified atom stereocenters. The smallest absolute Gasteiger partial charge is 0.123 e. The van der Waals surface area contributed by atoms with Crippen LogP contribution in [0.15, 0.2) is 73.3 Å². The summed E-state index contributed by atoms with van der Waals surface area (Å²) >= 11 is 0. The largest absolute Gasteiger partial charge is 0.469 e. The highest BCUT2D eigenvalue weighted by atomic mass is 31.1. The molecule has 0 N–H and O–H groups in total. The molecule has 2 heteroatoms. The van der Waals surface area contributed by atoms with Crippen molar-refractivity contribution in [2.45, 2.75) is 0 Å². The Kier molecular flexibility index (Phi) is 4.35. The Bertz CT molecular complexity index is 453. The van der Waals surface area contributed by atoms with Crippen molar-refractivity contribution >= 4 is 13.5 Å². The van der Waals surface area contributed by atoms with E-state index in [1.165, 1.54) is 5.30 Å². The van der Waals surface area contributed by atoms with Crippen LogP contribution in [0.3, 0.4) is 0 Å². The van der Waals surface area contributed by atoms with Gasteiger partial charge in [0.1, 0.15) is 13.9 Å². The molecule has 2 aromatic rings. The van der Waals surface area contributed by atoms with Crippen LogP contribution in [-0.4, -0.2) is 6.16 Å². The second-order valence-electron chi connectivity index (χ2n) is 3.59. The lowest BCUT2D eigenvalue weighted by Gasteiger charge is -2.17. The molecule has 0 heterocycles. The summed E-state index contributed by atoms with van der Waals surface area (Å²) in [4.78, 5) is 0. The zero-order chi connectivity index (χ0) is 11.9. The summed E-state index contributed by atoms with van der Waals surface area (Å²) in [5.41, 5.74) is 0. The number of rotatable bonds is 5. The fourth-order valence-corrected chi connectivity index (χ4v) is 3.02. The van der Waals surface area contributed by atoms with Crippen molar-refractivity contribution in [3.8, 4) is 5.75 Å². The highest BCUT2D eigenvalue weighted by molar-refractivity contribution is 7.61. The quantitative estimate of drug-likeness (QED) is 0.569. The highest BCUT2D eigenvalue weighted by Crippen LogP contribution is 2.36. The molecule has 0 saturated heterocycles. The van der Waals surface area contributed by atoms with Crippen LogP contribution in [0.5, 0.6) is 5.75 Å². The summed E-state index contributed by atoms with van der Waals surface area (Å²) in [7, 11) is -0.650. The maximum Gasteiger partial charge on any atom is 0.123 e. The van der Waals surface area contributed by atoms with E-state index in [1.807, 2.05) is 54.6 Å². The average molecular weight is 242 g/mol. The molecule has 0 radical (unpaired) electrons. The minimum atomic E-state index is -0.650. The predicted octanol–water partition coefficient (Wildman–Crippen LogP) is 3.97. The Morgan fingerprint density at radius 1 is 0.941 bits per heavy atom. The predicted molar refractivity (Wildman–Crippen MR) is 75.1 cm³/mol. The molecule has 17 heavy (non-hydrogen) atoms. The minimum absolute atomic E-state index is 0.650. The lowest BCUT2D eigenvalue weighted by atomic mass is 10.3. The van der Waals surface area contributed by atoms with Gasteiger partial charge in [0, 0.05) is 11.5 Å². The third-order valence-corrected chi connectivity index (χ3v) is 4.19. The lowest BCUT2D eigenvalue weighted by molar-refractivity contribution is 0.624. The lowest BCUT2D eigenvalue weighted by Crippen LogP contribution is -2.06. The van der Waals surface area contributed by atoms with Crippen molar-refractivity contribution in [2.75, 3.05) is 6.16 Å². The van der Waals surface area contributed by atoms with E-state index in [-0.39, 0.29) is 0 Å². The van der Waals surface area contributed by atoms with Gasteiger partial charge in [-0.25, -0.2) is 0 Å². The van der Waals surface area contributed by atoms with Crippen molar-refractivity contribution < 1.29 is 4.52 Å². The van der Waals surface area contributed by atoms with Crippen LogP contribution in [0.25, 0.3) is 0 Å². The zero-order valence-electron chi connectivity index (χ0n) is 9.62. The molecule has 2 aromatic carbocycles. The third-order valence-electron chi connectivity index (χ3n) is 2.30. The van der Waals surface area contributed by atoms with E-state index in [1.54, 1.807) is 0 Å². The van der Waals surface area contributed by atoms with E-state index in [4.69, 9.17) is 4.52 Å². The highest BCUT2D eigenvalue weighted by Gasteiger charge is 2.11. The molecule has 0 saturated carbocycles. The van der Waals surface area contributed by atoms with Gasteiger partial charge >= 0.3 is 0 Å². The number of para-hydroxylation sites is 1. The van der Waals surface area contributed by atoms with Gasteiger partial charge in [-0.2, -0.15) is 0 Å². The number of hydrogen-bond donors (Lipinski definition) is 0. The van der Waals surface area contributed by atoms with Gasteiger partial charge in [0.15, 0.2) is 0 Å². The summed E-state index contributed by atoms with van der Waals surface area (Å²) in [5, 5.41) is 1.24. The van der Waals surface area contributed by atoms with Gasteiger partial charge in [-0.15, -0.1) is 6.58 Å². The summed E-state index contributed by atoms with van der Waals surface area (Å²) in [6.07, 6.45) is 2.79. The van der Waals surface area contributed by atoms with Crippen LogP contribution in [0, 0.1) is 0 Å². The Morgan fingerprint density at radius 2 is 1.53 bits per heavy atom. The molecule has 1 atom stereocenters. The summed E-state index contributed by atoms with van der Waals surface area (Å²) in [6, 6.07) is 20.3. The Balaban J connectivity index is 2.16. The van der Waals surface area contributed by atoms with E-state index in [0.29, 0.717) is 0 Å². The van der Waals surface area contributed by atoms with Crippen molar-refractivity contribution in [3.05, 3.63) is 73.3 Å². The first-order valence-corrected chi connectivity index (χ1v) is 7.01. The van der Waals surface area contributed by atoms with Crippen LogP contribution >= 0.6 is 8.15 Å². The van der Waals surface area contributed by atoms with Gasteiger partial charge in [-0.05, 0) is 12.1 Å². The van der Waals surface area contributed by atoms with Gasteiger partial charge in [0.05, 0.1) is 0 Å². The second-order valence-corrected chi connectivity index (χ2v) is 5.41. The van der Waals surface area contributed by atoms with Gasteiger partial charge in [-0.3, -0.25) is 0 Å². The normalized spacial score (nSPS) is 11.8. The molecule has 0 spiro atoms. The van der Waals surface area contributed by atoms with E-state index in [0.717, 1.165) is 11.9 Å². The van der Waals surface area contributed by atoms with E-state index < -0.39 is 8.15 Å². The molecule has 0 aromatic heterocycles. The fourth-order valence-electron chi connectivity index (χ4n) is 1.52. The van der Waals surface area contributed by atoms with Crippen molar-refractivity contribution in [1.29, 1.82) is 0 Å². The first-order valence-electron chi connectivity index (χ1n) is 5.56. The molecule has 2 rings (SSSR count). The van der Waals surface area contributed by atoms with Crippen LogP contribution < -0.4 is 9.83 Å². The molecular weight excluding hydrogens is 227 g/mol. The zero-order valence-corrected chi connectivity index (χ0v) is 10.5. The van der Waals surface area contributed by atoms with Crippen LogP contribution in [0.1, 0.15) is 0 Å². The third kappa shape index (κ3) is 3.44. The number of benzene rings is 2. The fraction of sp³-hybridized carbons (Fsp3) is 0.0667. The first kappa shape index (κ1) is 11.9. The topological polar surface area (TPSA) is 9.23 Å². The van der Waals surface area contributed by atoms with Gasteiger partial charge in [0.25, 0.3) is 0 Å². The van der Waals surface area contributed by atoms with Crippen molar-refractivity contribution in [1.82, 2.24) is 0 Å². The summed E-state index contributed by atoms with van der Waals surface area (Å²) in [5.74, 6) is 0.921. The van der Waals surface area contributed by atoms with Crippen LogP contribution in [-0.2, 0) is 0 Å². The monoisotopic (exact) mass is 242 g/mol. The molecular formula is C15H15OP. The Hall–Kier alpha value is -1.59. The standard InChI is InChI=1S/C15H15OP/c1-2-13-17(15-11-7-4-8-12-15)16-14-9-5-3-6-10-14/h2-12H,1,13H2. The number of allylic oxidation sites excluding steroid dienone is 1. The molecule has 0 aliphatic rings. The molecule has 86 valence electrons. The molecule has 0 aliphatic heterocycles. The Morgan fingerprint density at radius 3 is 2.12 bits per heavy atom.